The molecule has 0 aromatic carbocycles. The number of hydrogen-bond acceptors (Lipinski definition) is 4. The van der Waals surface area contributed by atoms with Gasteiger partial charge in [-0.25, -0.2) is 4.98 Å². The van der Waals surface area contributed by atoms with Crippen LogP contribution in [0, 0.1) is 0 Å². The Hall–Kier alpha value is -1.39. The molecule has 0 saturated carbocycles. The van der Waals surface area contributed by atoms with Gasteiger partial charge in [-0.15, -0.1) is 0 Å². The van der Waals surface area contributed by atoms with E-state index >= 15 is 0 Å². The molecule has 0 fully saturated rings. The second kappa shape index (κ2) is 9.68. The fourth-order valence-electron chi connectivity index (χ4n) is 2.26. The number of aromatic nitrogens is 1. The molecule has 23 heavy (non-hydrogen) atoms. The van der Waals surface area contributed by atoms with Crippen molar-refractivity contribution < 1.29 is 4.74 Å². The van der Waals surface area contributed by atoms with Crippen LogP contribution < -0.4 is 14.8 Å². The number of ether oxygens (including phenoxy) is 1. The molecule has 0 aliphatic rings. The smallest absolute Gasteiger partial charge is 0.186 e. The van der Waals surface area contributed by atoms with E-state index in [1.807, 2.05) is 6.92 Å². The standard InChI is InChI=1S/C19H30N2OS/c1-8-10-17(15(5)13-22-9-2)11-12-21(7)19-20-16(6)18(23-19)14(3)4/h10H,5-6,8-9,11-13H2,1-4,7H3. The third-order valence-corrected chi connectivity index (χ3v) is 5.00. The van der Waals surface area contributed by atoms with E-state index in [1.54, 1.807) is 11.3 Å². The summed E-state index contributed by atoms with van der Waals surface area (Å²) in [5, 5.41) is 1.90. The van der Waals surface area contributed by atoms with Gasteiger partial charge in [-0.05, 0) is 44.8 Å². The summed E-state index contributed by atoms with van der Waals surface area (Å²) >= 11 is 1.71. The van der Waals surface area contributed by atoms with Crippen LogP contribution in [0.4, 0.5) is 5.13 Å². The van der Waals surface area contributed by atoms with Gasteiger partial charge in [0.2, 0.25) is 0 Å². The number of hydrogen-bond donors (Lipinski definition) is 0. The first-order chi connectivity index (χ1) is 10.9. The molecule has 128 valence electrons. The Kier molecular flexibility index (Phi) is 8.28. The van der Waals surface area contributed by atoms with E-state index in [9.17, 15) is 0 Å². The number of anilines is 1. The quantitative estimate of drug-likeness (QED) is 0.646. The van der Waals surface area contributed by atoms with Gasteiger partial charge in [-0.3, -0.25) is 0 Å². The van der Waals surface area contributed by atoms with Crippen LogP contribution in [0.5, 0.6) is 0 Å². The predicted molar refractivity (Wildman–Crippen MR) is 104 cm³/mol. The summed E-state index contributed by atoms with van der Waals surface area (Å²) in [4.78, 5) is 6.79. The summed E-state index contributed by atoms with van der Waals surface area (Å²) in [5.74, 6) is 0. The van der Waals surface area contributed by atoms with E-state index in [0.717, 1.165) is 42.0 Å². The average Bonchev–Trinajstić information content (AvgIpc) is 2.90. The van der Waals surface area contributed by atoms with Crippen molar-refractivity contribution in [2.45, 2.75) is 40.5 Å². The zero-order valence-electron chi connectivity index (χ0n) is 15.2. The first-order valence-electron chi connectivity index (χ1n) is 8.20. The van der Waals surface area contributed by atoms with Crippen molar-refractivity contribution in [3.8, 4) is 0 Å². The molecule has 0 bridgehead atoms. The normalized spacial score (nSPS) is 11.6. The van der Waals surface area contributed by atoms with E-state index in [4.69, 9.17) is 4.74 Å². The SMILES string of the molecule is C=C(COCC)C(=CCC)CCN(C)c1nc(=C)c(=C(C)C)s1. The van der Waals surface area contributed by atoms with Crippen molar-refractivity contribution >= 4 is 28.6 Å². The summed E-state index contributed by atoms with van der Waals surface area (Å²) in [6.45, 7) is 18.8. The lowest BCUT2D eigenvalue weighted by molar-refractivity contribution is 0.172. The monoisotopic (exact) mass is 334 g/mol. The van der Waals surface area contributed by atoms with Gasteiger partial charge in [-0.1, -0.05) is 43.1 Å². The summed E-state index contributed by atoms with van der Waals surface area (Å²) in [6.07, 6.45) is 4.21. The van der Waals surface area contributed by atoms with Crippen molar-refractivity contribution in [1.82, 2.24) is 4.98 Å². The van der Waals surface area contributed by atoms with Crippen LogP contribution in [0.1, 0.15) is 40.5 Å². The van der Waals surface area contributed by atoms with Crippen molar-refractivity contribution in [2.75, 3.05) is 31.7 Å². The summed E-state index contributed by atoms with van der Waals surface area (Å²) in [7, 11) is 2.09. The topological polar surface area (TPSA) is 25.4 Å². The lowest BCUT2D eigenvalue weighted by atomic mass is 10.0. The molecule has 0 spiro atoms. The van der Waals surface area contributed by atoms with Crippen LogP contribution >= 0.6 is 11.3 Å². The highest BCUT2D eigenvalue weighted by Crippen LogP contribution is 2.17. The first-order valence-corrected chi connectivity index (χ1v) is 9.01. The van der Waals surface area contributed by atoms with Gasteiger partial charge in [-0.2, -0.15) is 0 Å². The molecule has 3 nitrogen and oxygen atoms in total. The summed E-state index contributed by atoms with van der Waals surface area (Å²) in [6, 6.07) is 0. The number of allylic oxidation sites excluding steroid dienone is 1. The Morgan fingerprint density at radius 3 is 2.57 bits per heavy atom. The minimum atomic E-state index is 0.612. The average molecular weight is 335 g/mol. The fourth-order valence-corrected chi connectivity index (χ4v) is 3.22. The van der Waals surface area contributed by atoms with E-state index < -0.39 is 0 Å². The van der Waals surface area contributed by atoms with Gasteiger partial charge in [0.25, 0.3) is 0 Å². The Morgan fingerprint density at radius 2 is 2.04 bits per heavy atom. The zero-order valence-corrected chi connectivity index (χ0v) is 16.1. The van der Waals surface area contributed by atoms with Gasteiger partial charge in [0, 0.05) is 20.2 Å². The summed E-state index contributed by atoms with van der Waals surface area (Å²) < 4.78 is 6.68. The Bertz CT molecular complexity index is 653. The molecule has 4 heteroatoms. The molecule has 0 aliphatic heterocycles. The molecule has 0 radical (unpaired) electrons. The van der Waals surface area contributed by atoms with Crippen LogP contribution in [-0.4, -0.2) is 31.8 Å². The third kappa shape index (κ3) is 5.96. The van der Waals surface area contributed by atoms with Gasteiger partial charge >= 0.3 is 0 Å². The van der Waals surface area contributed by atoms with E-state index in [2.05, 4.69) is 56.9 Å². The van der Waals surface area contributed by atoms with Gasteiger partial charge < -0.3 is 9.64 Å². The second-order valence-corrected chi connectivity index (χ2v) is 6.80. The largest absolute Gasteiger partial charge is 0.377 e. The van der Waals surface area contributed by atoms with Crippen molar-refractivity contribution in [2.24, 2.45) is 0 Å². The number of nitrogens with zero attached hydrogens (tertiary/aromatic N) is 2. The van der Waals surface area contributed by atoms with E-state index in [1.165, 1.54) is 15.7 Å². The molecule has 0 amide bonds. The molecular weight excluding hydrogens is 304 g/mol. The molecule has 0 aliphatic carbocycles. The highest BCUT2D eigenvalue weighted by Gasteiger charge is 2.09. The van der Waals surface area contributed by atoms with Crippen LogP contribution in [0.15, 0.2) is 23.8 Å². The van der Waals surface area contributed by atoms with Crippen molar-refractivity contribution in [3.05, 3.63) is 33.7 Å². The van der Waals surface area contributed by atoms with Gasteiger partial charge in [0.15, 0.2) is 5.13 Å². The Balaban J connectivity index is 2.76. The second-order valence-electron chi connectivity index (χ2n) is 5.82. The minimum Gasteiger partial charge on any atom is -0.377 e. The predicted octanol–water partition coefficient (Wildman–Crippen LogP) is 3.50. The van der Waals surface area contributed by atoms with E-state index in [-0.39, 0.29) is 0 Å². The molecule has 1 aromatic heterocycles. The highest BCUT2D eigenvalue weighted by molar-refractivity contribution is 7.13. The maximum Gasteiger partial charge on any atom is 0.186 e. The highest BCUT2D eigenvalue weighted by atomic mass is 32.1. The van der Waals surface area contributed by atoms with Gasteiger partial charge in [0.05, 0.1) is 16.5 Å². The van der Waals surface area contributed by atoms with E-state index in [0.29, 0.717) is 6.61 Å². The first kappa shape index (κ1) is 19.7. The van der Waals surface area contributed by atoms with Crippen LogP contribution in [0.2, 0.25) is 0 Å². The zero-order chi connectivity index (χ0) is 17.4. The van der Waals surface area contributed by atoms with Gasteiger partial charge in [0.1, 0.15) is 0 Å². The molecular formula is C19H30N2OS. The molecule has 1 rings (SSSR count). The maximum atomic E-state index is 5.48. The Morgan fingerprint density at radius 1 is 1.35 bits per heavy atom. The molecule has 0 N–H and O–H groups in total. The van der Waals surface area contributed by atoms with Crippen LogP contribution in [0.3, 0.4) is 0 Å². The van der Waals surface area contributed by atoms with Crippen molar-refractivity contribution in [1.29, 1.82) is 0 Å². The lowest BCUT2D eigenvalue weighted by Crippen LogP contribution is -2.22. The minimum absolute atomic E-state index is 0.612. The van der Waals surface area contributed by atoms with Crippen molar-refractivity contribution in [3.63, 3.8) is 0 Å². The lowest BCUT2D eigenvalue weighted by Gasteiger charge is -2.18. The number of rotatable bonds is 9. The number of thiazole rings is 1. The maximum absolute atomic E-state index is 5.48. The fraction of sp³-hybridized carbons (Fsp3) is 0.526. The molecule has 1 aromatic rings. The molecule has 0 unspecified atom stereocenters. The third-order valence-electron chi connectivity index (χ3n) is 3.57. The Labute approximate surface area is 144 Å². The molecule has 0 atom stereocenters. The summed E-state index contributed by atoms with van der Waals surface area (Å²) in [5.41, 5.74) is 3.64. The molecule has 0 saturated heterocycles. The molecule has 1 heterocycles. The van der Waals surface area contributed by atoms with Crippen LogP contribution in [0.25, 0.3) is 12.2 Å². The van der Waals surface area contributed by atoms with Crippen LogP contribution in [-0.2, 0) is 4.74 Å².